The Hall–Kier alpha value is -2.69. The van der Waals surface area contributed by atoms with E-state index < -0.39 is 14.7 Å². The summed E-state index contributed by atoms with van der Waals surface area (Å²) in [6.07, 6.45) is 1.27. The van der Waals surface area contributed by atoms with Gasteiger partial charge in [-0.15, -0.1) is 0 Å². The first kappa shape index (κ1) is 24.0. The fraction of sp³-hybridized carbons (Fsp3) is 0.0870. The second-order valence-electron chi connectivity index (χ2n) is 6.51. The van der Waals surface area contributed by atoms with Crippen LogP contribution < -0.4 is 9.47 Å². The topological polar surface area (TPSA) is 76.4 Å². The summed E-state index contributed by atoms with van der Waals surface area (Å²) in [4.78, 5) is -0.440. The molecule has 0 amide bonds. The third kappa shape index (κ3) is 5.56. The van der Waals surface area contributed by atoms with E-state index in [9.17, 15) is 13.7 Å². The Kier molecular flexibility index (Phi) is 7.70. The molecule has 3 aromatic carbocycles. The van der Waals surface area contributed by atoms with Crippen molar-refractivity contribution in [3.63, 3.8) is 0 Å². The summed E-state index contributed by atoms with van der Waals surface area (Å²) in [6, 6.07) is 17.3. The summed E-state index contributed by atoms with van der Waals surface area (Å²) < 4.78 is 36.8. The molecule has 0 fully saturated rings. The van der Waals surface area contributed by atoms with Gasteiger partial charge < -0.3 is 9.47 Å². The molecule has 0 bridgehead atoms. The van der Waals surface area contributed by atoms with E-state index in [0.29, 0.717) is 32.1 Å². The lowest BCUT2D eigenvalue weighted by Gasteiger charge is -2.12. The molecule has 0 aromatic heterocycles. The summed E-state index contributed by atoms with van der Waals surface area (Å²) in [5.74, 6) is 0.791. The molecule has 164 valence electrons. The number of ether oxygens (including phenoxy) is 2. The Labute approximate surface area is 201 Å². The minimum absolute atomic E-state index is 0.0264. The molecule has 0 aliphatic carbocycles. The van der Waals surface area contributed by atoms with Crippen LogP contribution in [0.4, 0.5) is 0 Å². The molecule has 0 aliphatic rings. The van der Waals surface area contributed by atoms with E-state index in [2.05, 4.69) is 0 Å². The number of hydrogen-bond donors (Lipinski definition) is 0. The number of hydrogen-bond acceptors (Lipinski definition) is 5. The molecule has 0 unspecified atom stereocenters. The van der Waals surface area contributed by atoms with Crippen molar-refractivity contribution in [2.24, 2.45) is 0 Å². The van der Waals surface area contributed by atoms with E-state index in [0.717, 1.165) is 5.56 Å². The van der Waals surface area contributed by atoms with Crippen molar-refractivity contribution in [1.29, 1.82) is 5.26 Å². The average molecular weight is 509 g/mol. The molecule has 0 aliphatic heterocycles. The second-order valence-corrected chi connectivity index (χ2v) is 9.71. The van der Waals surface area contributed by atoms with Crippen LogP contribution in [0.15, 0.2) is 70.5 Å². The number of nitrogens with zero attached hydrogens (tertiary/aromatic N) is 1. The van der Waals surface area contributed by atoms with Gasteiger partial charge in [-0.1, -0.05) is 46.9 Å². The predicted octanol–water partition coefficient (Wildman–Crippen LogP) is 6.57. The van der Waals surface area contributed by atoms with Gasteiger partial charge in [0.2, 0.25) is 9.84 Å². The summed E-state index contributed by atoms with van der Waals surface area (Å²) in [7, 11) is -2.55. The highest BCUT2D eigenvalue weighted by atomic mass is 35.5. The van der Waals surface area contributed by atoms with Gasteiger partial charge in [-0.25, -0.2) is 8.42 Å². The number of rotatable bonds is 7. The van der Waals surface area contributed by atoms with Gasteiger partial charge in [-0.2, -0.15) is 5.26 Å². The minimum atomic E-state index is -4.01. The number of nitriles is 1. The maximum atomic E-state index is 12.8. The molecular weight excluding hydrogens is 493 g/mol. The van der Waals surface area contributed by atoms with Crippen molar-refractivity contribution >= 4 is 50.7 Å². The maximum absolute atomic E-state index is 12.8. The van der Waals surface area contributed by atoms with Gasteiger partial charge in [-0.3, -0.25) is 0 Å². The number of halogens is 3. The van der Waals surface area contributed by atoms with Crippen LogP contribution in [-0.4, -0.2) is 15.5 Å². The first-order valence-corrected chi connectivity index (χ1v) is 11.7. The van der Waals surface area contributed by atoms with Gasteiger partial charge >= 0.3 is 0 Å². The van der Waals surface area contributed by atoms with Gasteiger partial charge in [0.15, 0.2) is 11.5 Å². The zero-order valence-corrected chi connectivity index (χ0v) is 19.8. The molecule has 0 heterocycles. The van der Waals surface area contributed by atoms with Crippen molar-refractivity contribution in [3.05, 3.63) is 91.8 Å². The summed E-state index contributed by atoms with van der Waals surface area (Å²) in [5, 5.41) is 10.9. The summed E-state index contributed by atoms with van der Waals surface area (Å²) >= 11 is 17.9. The lowest BCUT2D eigenvalue weighted by Crippen LogP contribution is -2.03. The Balaban J connectivity index is 1.87. The van der Waals surface area contributed by atoms with Crippen molar-refractivity contribution in [2.45, 2.75) is 11.5 Å². The fourth-order valence-electron chi connectivity index (χ4n) is 2.75. The normalized spacial score (nSPS) is 11.7. The summed E-state index contributed by atoms with van der Waals surface area (Å²) in [5.41, 5.74) is 1.19. The molecule has 3 aromatic rings. The van der Waals surface area contributed by atoms with E-state index in [1.807, 2.05) is 0 Å². The molecule has 5 nitrogen and oxygen atoms in total. The molecule has 32 heavy (non-hydrogen) atoms. The molecule has 9 heteroatoms. The van der Waals surface area contributed by atoms with Crippen LogP contribution >= 0.6 is 34.8 Å². The van der Waals surface area contributed by atoms with Crippen molar-refractivity contribution in [2.75, 3.05) is 7.11 Å². The Morgan fingerprint density at radius 1 is 0.969 bits per heavy atom. The first-order chi connectivity index (χ1) is 15.2. The lowest BCUT2D eigenvalue weighted by atomic mass is 10.2. The van der Waals surface area contributed by atoms with Gasteiger partial charge in [-0.05, 0) is 60.2 Å². The summed E-state index contributed by atoms with van der Waals surface area (Å²) in [6.45, 7) is 0.177. The highest BCUT2D eigenvalue weighted by Crippen LogP contribution is 2.32. The van der Waals surface area contributed by atoms with E-state index in [1.165, 1.54) is 37.5 Å². The van der Waals surface area contributed by atoms with E-state index in [-0.39, 0.29) is 11.5 Å². The molecule has 0 N–H and O–H groups in total. The fourth-order valence-corrected chi connectivity index (χ4v) is 4.50. The van der Waals surface area contributed by atoms with Crippen LogP contribution in [0.25, 0.3) is 6.08 Å². The van der Waals surface area contributed by atoms with Crippen LogP contribution in [0.2, 0.25) is 15.1 Å². The van der Waals surface area contributed by atoms with Gasteiger partial charge in [0.25, 0.3) is 0 Å². The molecule has 3 rings (SSSR count). The smallest absolute Gasteiger partial charge is 0.216 e. The van der Waals surface area contributed by atoms with Crippen LogP contribution in [-0.2, 0) is 16.4 Å². The minimum Gasteiger partial charge on any atom is -0.493 e. The third-order valence-corrected chi connectivity index (χ3v) is 6.93. The Morgan fingerprint density at radius 3 is 2.28 bits per heavy atom. The quantitative estimate of drug-likeness (QED) is 0.337. The number of benzene rings is 3. The van der Waals surface area contributed by atoms with Crippen LogP contribution in [0, 0.1) is 11.3 Å². The number of sulfone groups is 1. The SMILES string of the molecule is COc1cc(/C=C(\C#N)S(=O)(=O)c2ccc(Cl)cc2)ccc1OCc1ccc(Cl)cc1Cl. The van der Waals surface area contributed by atoms with Crippen LogP contribution in [0.5, 0.6) is 11.5 Å². The molecule has 0 atom stereocenters. The van der Waals surface area contributed by atoms with Crippen LogP contribution in [0.3, 0.4) is 0 Å². The molecular formula is C23H16Cl3NO4S. The highest BCUT2D eigenvalue weighted by Gasteiger charge is 2.21. The van der Waals surface area contributed by atoms with Gasteiger partial charge in [0, 0.05) is 20.6 Å². The maximum Gasteiger partial charge on any atom is 0.216 e. The average Bonchev–Trinajstić information content (AvgIpc) is 2.77. The highest BCUT2D eigenvalue weighted by molar-refractivity contribution is 7.95. The van der Waals surface area contributed by atoms with Crippen LogP contribution in [0.1, 0.15) is 11.1 Å². The first-order valence-electron chi connectivity index (χ1n) is 9.12. The van der Waals surface area contributed by atoms with Crippen molar-refractivity contribution in [1.82, 2.24) is 0 Å². The van der Waals surface area contributed by atoms with Gasteiger partial charge in [0.05, 0.1) is 12.0 Å². The number of methoxy groups -OCH3 is 1. The zero-order chi connectivity index (χ0) is 23.3. The molecule has 0 saturated heterocycles. The second kappa shape index (κ2) is 10.3. The molecule has 0 radical (unpaired) electrons. The zero-order valence-electron chi connectivity index (χ0n) is 16.7. The van der Waals surface area contributed by atoms with Crippen molar-refractivity contribution < 1.29 is 17.9 Å². The van der Waals surface area contributed by atoms with Gasteiger partial charge in [0.1, 0.15) is 17.6 Å². The predicted molar refractivity (Wildman–Crippen MR) is 126 cm³/mol. The lowest BCUT2D eigenvalue weighted by molar-refractivity contribution is 0.284. The Morgan fingerprint density at radius 2 is 1.66 bits per heavy atom. The standard InChI is InChI=1S/C23H16Cl3NO4S/c1-30-23-11-15(2-9-22(23)31-14-16-3-4-18(25)12-21(16)26)10-20(13-27)32(28,29)19-7-5-17(24)6-8-19/h2-12H,14H2,1H3/b20-10+. The monoisotopic (exact) mass is 507 g/mol. The van der Waals surface area contributed by atoms with E-state index in [4.69, 9.17) is 44.3 Å². The Bertz CT molecular complexity index is 1310. The number of allylic oxidation sites excluding steroid dienone is 1. The third-order valence-electron chi connectivity index (χ3n) is 4.41. The van der Waals surface area contributed by atoms with E-state index >= 15 is 0 Å². The molecule has 0 saturated carbocycles. The molecule has 0 spiro atoms. The largest absolute Gasteiger partial charge is 0.493 e. The van der Waals surface area contributed by atoms with E-state index in [1.54, 1.807) is 42.5 Å². The van der Waals surface area contributed by atoms with Crippen molar-refractivity contribution in [3.8, 4) is 17.6 Å².